The summed E-state index contributed by atoms with van der Waals surface area (Å²) in [5.41, 5.74) is 0.229. The van der Waals surface area contributed by atoms with Crippen molar-refractivity contribution in [1.29, 1.82) is 0 Å². The van der Waals surface area contributed by atoms with Gasteiger partial charge < -0.3 is 5.11 Å². The van der Waals surface area contributed by atoms with E-state index in [0.29, 0.717) is 19.3 Å². The minimum absolute atomic E-state index is 0.110. The van der Waals surface area contributed by atoms with Crippen molar-refractivity contribution >= 4 is 21.6 Å². The molecule has 0 saturated heterocycles. The molecule has 1 aliphatic carbocycles. The van der Waals surface area contributed by atoms with Gasteiger partial charge in [-0.15, -0.1) is 0 Å². The fourth-order valence-electron chi connectivity index (χ4n) is 2.57. The second-order valence-electron chi connectivity index (χ2n) is 5.55. The van der Waals surface area contributed by atoms with Gasteiger partial charge in [0.2, 0.25) is 10.0 Å². The van der Waals surface area contributed by atoms with Gasteiger partial charge in [-0.05, 0) is 49.8 Å². The first kappa shape index (κ1) is 16.7. The van der Waals surface area contributed by atoms with Crippen molar-refractivity contribution < 1.29 is 17.9 Å². The lowest BCUT2D eigenvalue weighted by atomic mass is 9.77. The van der Waals surface area contributed by atoms with Crippen LogP contribution in [-0.4, -0.2) is 25.7 Å². The number of nitrogens with one attached hydrogen (secondary N) is 1. The number of benzene rings is 1. The van der Waals surface area contributed by atoms with Crippen LogP contribution in [0.25, 0.3) is 0 Å². The number of aliphatic hydroxyl groups excluding tert-OH is 1. The van der Waals surface area contributed by atoms with Crippen molar-refractivity contribution in [3.63, 3.8) is 0 Å². The van der Waals surface area contributed by atoms with E-state index < -0.39 is 15.8 Å². The van der Waals surface area contributed by atoms with Crippen molar-refractivity contribution in [3.05, 3.63) is 28.5 Å². The van der Waals surface area contributed by atoms with E-state index in [-0.39, 0.29) is 33.5 Å². The summed E-state index contributed by atoms with van der Waals surface area (Å²) in [6.45, 7) is 3.37. The second-order valence-corrected chi connectivity index (χ2v) is 7.64. The molecule has 0 spiro atoms. The molecule has 1 atom stereocenters. The second kappa shape index (κ2) is 6.20. The number of halogens is 2. The molecule has 0 aromatic heterocycles. The van der Waals surface area contributed by atoms with Gasteiger partial charge in [0.1, 0.15) is 10.7 Å². The van der Waals surface area contributed by atoms with Gasteiger partial charge in [-0.2, -0.15) is 0 Å². The summed E-state index contributed by atoms with van der Waals surface area (Å²) in [5.74, 6) is -0.409. The first-order valence-corrected chi connectivity index (χ1v) is 8.76. The Bertz CT molecular complexity index is 629. The first-order valence-electron chi connectivity index (χ1n) is 6.90. The van der Waals surface area contributed by atoms with Crippen LogP contribution in [0.2, 0.25) is 5.02 Å². The lowest BCUT2D eigenvalue weighted by Crippen LogP contribution is -2.46. The third-order valence-electron chi connectivity index (χ3n) is 3.97. The van der Waals surface area contributed by atoms with E-state index >= 15 is 0 Å². The number of hydrogen-bond donors (Lipinski definition) is 2. The molecule has 0 heterocycles. The van der Waals surface area contributed by atoms with Gasteiger partial charge in [-0.3, -0.25) is 0 Å². The van der Waals surface area contributed by atoms with Crippen LogP contribution in [0.1, 0.15) is 31.7 Å². The van der Waals surface area contributed by atoms with Crippen LogP contribution in [0, 0.1) is 18.7 Å². The molecule has 0 amide bonds. The van der Waals surface area contributed by atoms with E-state index in [1.54, 1.807) is 0 Å². The Labute approximate surface area is 129 Å². The molecule has 7 heteroatoms. The maximum atomic E-state index is 13.4. The van der Waals surface area contributed by atoms with Crippen molar-refractivity contribution in [2.75, 3.05) is 0 Å². The third-order valence-corrected chi connectivity index (χ3v) is 5.92. The Morgan fingerprint density at radius 2 is 2.10 bits per heavy atom. The van der Waals surface area contributed by atoms with Crippen LogP contribution in [0.15, 0.2) is 17.0 Å². The molecule has 1 aromatic rings. The highest BCUT2D eigenvalue weighted by atomic mass is 35.5. The largest absolute Gasteiger partial charge is 0.393 e. The van der Waals surface area contributed by atoms with Crippen LogP contribution < -0.4 is 4.72 Å². The Balaban J connectivity index is 2.23. The summed E-state index contributed by atoms with van der Waals surface area (Å²) in [4.78, 5) is -0.110. The van der Waals surface area contributed by atoms with Crippen LogP contribution in [0.3, 0.4) is 0 Å². The van der Waals surface area contributed by atoms with Gasteiger partial charge in [0.05, 0.1) is 11.1 Å². The Morgan fingerprint density at radius 1 is 1.48 bits per heavy atom. The minimum Gasteiger partial charge on any atom is -0.393 e. The number of aliphatic hydroxyl groups is 1. The van der Waals surface area contributed by atoms with Crippen LogP contribution in [0.4, 0.5) is 4.39 Å². The lowest BCUT2D eigenvalue weighted by Gasteiger charge is -2.37. The highest BCUT2D eigenvalue weighted by Crippen LogP contribution is 2.33. The molecule has 1 aromatic carbocycles. The fourth-order valence-corrected chi connectivity index (χ4v) is 4.56. The Morgan fingerprint density at radius 3 is 2.62 bits per heavy atom. The molecular weight excluding hydrogens is 317 g/mol. The predicted molar refractivity (Wildman–Crippen MR) is 79.3 cm³/mol. The summed E-state index contributed by atoms with van der Waals surface area (Å²) in [6, 6.07) is 2.00. The smallest absolute Gasteiger partial charge is 0.242 e. The summed E-state index contributed by atoms with van der Waals surface area (Å²) in [5, 5.41) is 9.22. The molecule has 1 fully saturated rings. The van der Waals surface area contributed by atoms with Gasteiger partial charge in [-0.25, -0.2) is 17.5 Å². The predicted octanol–water partition coefficient (Wildman–Crippen LogP) is 2.62. The van der Waals surface area contributed by atoms with E-state index in [9.17, 15) is 17.9 Å². The van der Waals surface area contributed by atoms with Crippen molar-refractivity contribution in [2.24, 2.45) is 5.92 Å². The molecule has 0 unspecified atom stereocenters. The van der Waals surface area contributed by atoms with Crippen molar-refractivity contribution in [3.8, 4) is 0 Å². The SMILES string of the molecule is CC[C@H](NS(=O)(=O)c1cc(C)c(F)cc1Cl)C1CC(O)C1. The van der Waals surface area contributed by atoms with Crippen molar-refractivity contribution in [1.82, 2.24) is 4.72 Å². The Hall–Kier alpha value is -0.690. The van der Waals surface area contributed by atoms with Crippen LogP contribution >= 0.6 is 11.6 Å². The lowest BCUT2D eigenvalue weighted by molar-refractivity contribution is 0.0277. The maximum absolute atomic E-state index is 13.4. The fraction of sp³-hybridized carbons (Fsp3) is 0.571. The topological polar surface area (TPSA) is 66.4 Å². The molecule has 2 rings (SSSR count). The van der Waals surface area contributed by atoms with Gasteiger partial charge in [-0.1, -0.05) is 18.5 Å². The molecule has 2 N–H and O–H groups in total. The average Bonchev–Trinajstić information content (AvgIpc) is 2.36. The monoisotopic (exact) mass is 335 g/mol. The molecule has 0 aliphatic heterocycles. The zero-order valence-electron chi connectivity index (χ0n) is 11.9. The molecule has 21 heavy (non-hydrogen) atoms. The van der Waals surface area contributed by atoms with Gasteiger partial charge in [0.25, 0.3) is 0 Å². The molecule has 118 valence electrons. The van der Waals surface area contributed by atoms with E-state index in [4.69, 9.17) is 11.6 Å². The number of aryl methyl sites for hydroxylation is 1. The number of sulfonamides is 1. The maximum Gasteiger partial charge on any atom is 0.242 e. The van der Waals surface area contributed by atoms with Crippen LogP contribution in [0.5, 0.6) is 0 Å². The van der Waals surface area contributed by atoms with E-state index in [1.165, 1.54) is 13.0 Å². The number of hydrogen-bond acceptors (Lipinski definition) is 3. The van der Waals surface area contributed by atoms with Gasteiger partial charge in [0, 0.05) is 6.04 Å². The van der Waals surface area contributed by atoms with E-state index in [0.717, 1.165) is 6.07 Å². The highest BCUT2D eigenvalue weighted by Gasteiger charge is 2.35. The normalized spacial score (nSPS) is 23.7. The Kier molecular flexibility index (Phi) is 4.92. The standard InChI is InChI=1S/C14H19ClFNO3S/c1-3-13(9-5-10(18)6-9)17-21(19,20)14-4-8(2)12(16)7-11(14)15/h4,7,9-10,13,17-18H,3,5-6H2,1-2H3/t9?,10?,13-/m0/s1. The quantitative estimate of drug-likeness (QED) is 0.869. The third kappa shape index (κ3) is 3.56. The first-order chi connectivity index (χ1) is 9.74. The molecule has 1 saturated carbocycles. The highest BCUT2D eigenvalue weighted by molar-refractivity contribution is 7.89. The molecule has 1 aliphatic rings. The summed E-state index contributed by atoms with van der Waals surface area (Å²) < 4.78 is 40.9. The molecule has 0 bridgehead atoms. The average molecular weight is 336 g/mol. The van der Waals surface area contributed by atoms with Crippen molar-refractivity contribution in [2.45, 2.75) is 50.2 Å². The van der Waals surface area contributed by atoms with Gasteiger partial charge >= 0.3 is 0 Å². The minimum atomic E-state index is -3.81. The van der Waals surface area contributed by atoms with E-state index in [1.807, 2.05) is 6.92 Å². The summed E-state index contributed by atoms with van der Waals surface area (Å²) >= 11 is 5.86. The molecule has 0 radical (unpaired) electrons. The van der Waals surface area contributed by atoms with Gasteiger partial charge in [0.15, 0.2) is 0 Å². The number of rotatable bonds is 5. The summed E-state index contributed by atoms with van der Waals surface area (Å²) in [7, 11) is -3.81. The van der Waals surface area contributed by atoms with Crippen LogP contribution in [-0.2, 0) is 10.0 Å². The summed E-state index contributed by atoms with van der Waals surface area (Å²) in [6.07, 6.45) is 1.47. The molecular formula is C14H19ClFNO3S. The van der Waals surface area contributed by atoms with E-state index in [2.05, 4.69) is 4.72 Å². The molecule has 4 nitrogen and oxygen atoms in total. The zero-order chi connectivity index (χ0) is 15.8. The zero-order valence-corrected chi connectivity index (χ0v) is 13.5.